The van der Waals surface area contributed by atoms with Gasteiger partial charge in [0.15, 0.2) is 5.11 Å². The summed E-state index contributed by atoms with van der Waals surface area (Å²) in [7, 11) is 1.48. The molecule has 2 aromatic heterocycles. The Labute approximate surface area is 249 Å². The summed E-state index contributed by atoms with van der Waals surface area (Å²) in [6, 6.07) is 19.6. The summed E-state index contributed by atoms with van der Waals surface area (Å²) < 4.78 is 7.12. The highest BCUT2D eigenvalue weighted by molar-refractivity contribution is 7.80. The monoisotopic (exact) mass is 584 g/mol. The number of thiocarbonyl (C=S) groups is 1. The van der Waals surface area contributed by atoms with Gasteiger partial charge in [0, 0.05) is 36.2 Å². The fourth-order valence-corrected chi connectivity index (χ4v) is 5.89. The number of para-hydroxylation sites is 1. The van der Waals surface area contributed by atoms with E-state index in [2.05, 4.69) is 15.6 Å². The van der Waals surface area contributed by atoms with E-state index in [0.717, 1.165) is 33.9 Å². The maximum Gasteiger partial charge on any atom is 0.296 e. The maximum absolute atomic E-state index is 13.0. The summed E-state index contributed by atoms with van der Waals surface area (Å²) in [5, 5.41) is 19.0. The van der Waals surface area contributed by atoms with Gasteiger partial charge in [-0.3, -0.25) is 19.9 Å². The van der Waals surface area contributed by atoms with Crippen LogP contribution in [0, 0.1) is 30.9 Å². The van der Waals surface area contributed by atoms with Gasteiger partial charge in [0.2, 0.25) is 5.91 Å². The molecule has 4 aromatic rings. The Bertz CT molecular complexity index is 1650. The lowest BCUT2D eigenvalue weighted by Gasteiger charge is -2.28. The van der Waals surface area contributed by atoms with Crippen molar-refractivity contribution in [3.05, 3.63) is 111 Å². The van der Waals surface area contributed by atoms with Crippen LogP contribution >= 0.6 is 12.2 Å². The predicted molar refractivity (Wildman–Crippen MR) is 165 cm³/mol. The first-order valence-electron chi connectivity index (χ1n) is 13.5. The first-order valence-corrected chi connectivity index (χ1v) is 14.0. The molecule has 1 saturated heterocycles. The molecule has 0 spiro atoms. The number of pyridine rings is 1. The van der Waals surface area contributed by atoms with Crippen molar-refractivity contribution < 1.29 is 14.5 Å². The summed E-state index contributed by atoms with van der Waals surface area (Å²) in [4.78, 5) is 31.2. The lowest BCUT2D eigenvalue weighted by molar-refractivity contribution is -0.384. The predicted octanol–water partition coefficient (Wildman–Crippen LogP) is 5.72. The molecule has 3 heterocycles. The van der Waals surface area contributed by atoms with Crippen LogP contribution in [0.5, 0.6) is 5.75 Å². The number of ether oxygens (including phenoxy) is 1. The van der Waals surface area contributed by atoms with Gasteiger partial charge in [-0.15, -0.1) is 0 Å². The molecule has 10 nitrogen and oxygen atoms in total. The lowest BCUT2D eigenvalue weighted by atomic mass is 9.96. The molecule has 2 N–H and O–H groups in total. The van der Waals surface area contributed by atoms with Crippen molar-refractivity contribution in [1.29, 1.82) is 0 Å². The lowest BCUT2D eigenvalue weighted by Crippen LogP contribution is -2.33. The van der Waals surface area contributed by atoms with E-state index in [1.54, 1.807) is 18.3 Å². The molecule has 1 aliphatic rings. The summed E-state index contributed by atoms with van der Waals surface area (Å²) in [5.41, 5.74) is 5.52. The smallest absolute Gasteiger partial charge is 0.296 e. The van der Waals surface area contributed by atoms with Crippen LogP contribution in [-0.2, 0) is 4.79 Å². The van der Waals surface area contributed by atoms with E-state index in [1.807, 2.05) is 78.8 Å². The minimum absolute atomic E-state index is 0.0613. The van der Waals surface area contributed by atoms with E-state index in [-0.39, 0.29) is 30.1 Å². The molecule has 11 heteroatoms. The van der Waals surface area contributed by atoms with Crippen LogP contribution < -0.4 is 15.4 Å². The molecule has 0 saturated carbocycles. The van der Waals surface area contributed by atoms with Crippen molar-refractivity contribution in [2.75, 3.05) is 19.0 Å². The number of amides is 1. The number of nitro groups is 1. The Balaban J connectivity index is 1.52. The van der Waals surface area contributed by atoms with Crippen molar-refractivity contribution >= 4 is 34.6 Å². The number of carbonyl (C=O) groups excluding carboxylic acids is 1. The second kappa shape index (κ2) is 12.0. The Hall–Kier alpha value is -4.77. The number of nitrogens with zero attached hydrogens (tertiary/aromatic N) is 4. The number of hydrogen-bond acceptors (Lipinski definition) is 6. The number of aromatic nitrogens is 2. The van der Waals surface area contributed by atoms with Crippen LogP contribution in [0.1, 0.15) is 46.7 Å². The number of methoxy groups -OCH3 is 1. The van der Waals surface area contributed by atoms with Crippen molar-refractivity contribution in [3.8, 4) is 11.4 Å². The molecule has 5 rings (SSSR count). The Morgan fingerprint density at radius 3 is 2.57 bits per heavy atom. The molecule has 0 unspecified atom stereocenters. The van der Waals surface area contributed by atoms with Crippen molar-refractivity contribution in [1.82, 2.24) is 19.8 Å². The molecule has 2 aromatic carbocycles. The molecule has 1 aliphatic heterocycles. The third kappa shape index (κ3) is 5.55. The fourth-order valence-electron chi connectivity index (χ4n) is 5.56. The van der Waals surface area contributed by atoms with Crippen LogP contribution in [0.4, 0.5) is 11.4 Å². The van der Waals surface area contributed by atoms with Gasteiger partial charge in [0.1, 0.15) is 11.4 Å². The highest BCUT2D eigenvalue weighted by Gasteiger charge is 2.41. The van der Waals surface area contributed by atoms with Crippen LogP contribution in [0.2, 0.25) is 0 Å². The van der Waals surface area contributed by atoms with E-state index >= 15 is 0 Å². The number of rotatable bonds is 9. The van der Waals surface area contributed by atoms with Crippen molar-refractivity contribution in [2.24, 2.45) is 0 Å². The zero-order chi connectivity index (χ0) is 30.0. The normalized spacial score (nSPS) is 16.3. The van der Waals surface area contributed by atoms with E-state index in [4.69, 9.17) is 17.0 Å². The summed E-state index contributed by atoms with van der Waals surface area (Å²) in [5.74, 6) is 0.287. The number of aryl methyl sites for hydroxylation is 2. The quantitative estimate of drug-likeness (QED) is 0.146. The third-order valence-corrected chi connectivity index (χ3v) is 7.96. The van der Waals surface area contributed by atoms with E-state index in [1.165, 1.54) is 13.2 Å². The minimum atomic E-state index is -0.404. The Kier molecular flexibility index (Phi) is 8.21. The van der Waals surface area contributed by atoms with Crippen molar-refractivity contribution in [2.45, 2.75) is 39.3 Å². The summed E-state index contributed by atoms with van der Waals surface area (Å²) in [6.45, 7) is 6.17. The molecule has 2 atom stereocenters. The largest absolute Gasteiger partial charge is 0.496 e. The van der Waals surface area contributed by atoms with Crippen LogP contribution in [-0.4, -0.2) is 44.0 Å². The number of benzene rings is 2. The Morgan fingerprint density at radius 1 is 1.12 bits per heavy atom. The Morgan fingerprint density at radius 2 is 1.88 bits per heavy atom. The van der Waals surface area contributed by atoms with Gasteiger partial charge in [-0.1, -0.05) is 24.3 Å². The average molecular weight is 585 g/mol. The number of nitrogens with one attached hydrogen (secondary N) is 2. The zero-order valence-corrected chi connectivity index (χ0v) is 24.6. The van der Waals surface area contributed by atoms with E-state index in [9.17, 15) is 14.9 Å². The number of anilines is 1. The average Bonchev–Trinajstić information content (AvgIpc) is 3.47. The molecular formula is C31H32N6O4S. The summed E-state index contributed by atoms with van der Waals surface area (Å²) >= 11 is 5.80. The van der Waals surface area contributed by atoms with Crippen molar-refractivity contribution in [3.63, 3.8) is 0 Å². The molecule has 0 radical (unpaired) electrons. The fraction of sp³-hybridized carbons (Fsp3) is 0.258. The van der Waals surface area contributed by atoms with E-state index < -0.39 is 4.92 Å². The van der Waals surface area contributed by atoms with Gasteiger partial charge in [-0.05, 0) is 80.5 Å². The van der Waals surface area contributed by atoms with Gasteiger partial charge in [0.05, 0.1) is 35.9 Å². The minimum Gasteiger partial charge on any atom is -0.496 e. The van der Waals surface area contributed by atoms with Crippen LogP contribution in [0.25, 0.3) is 5.69 Å². The standard InChI is InChI=1S/C31H32N6O4S/c1-19-9-5-6-10-24(19)33-28(38)14-16-35-30(29(34-31(35)42)25-11-7-8-15-32-25)23-17-20(2)36(21(23)3)26-13-12-22(41-4)18-27(26)37(39)40/h5-13,15,17-18,29-30H,14,16H2,1-4H3,(H,33,38)(H,34,42)/t29-,30-/m1/s1. The first-order chi connectivity index (χ1) is 20.2. The highest BCUT2D eigenvalue weighted by atomic mass is 32.1. The number of nitro benzene ring substituents is 1. The van der Waals surface area contributed by atoms with E-state index in [0.29, 0.717) is 23.1 Å². The molecule has 0 bridgehead atoms. The zero-order valence-electron chi connectivity index (χ0n) is 23.8. The highest BCUT2D eigenvalue weighted by Crippen LogP contribution is 2.42. The molecule has 1 amide bonds. The van der Waals surface area contributed by atoms with Crippen LogP contribution in [0.3, 0.4) is 0 Å². The number of hydrogen-bond donors (Lipinski definition) is 2. The molecule has 1 fully saturated rings. The second-order valence-corrected chi connectivity index (χ2v) is 10.6. The molecule has 42 heavy (non-hydrogen) atoms. The van der Waals surface area contributed by atoms with Gasteiger partial charge >= 0.3 is 0 Å². The molecule has 216 valence electrons. The second-order valence-electron chi connectivity index (χ2n) is 10.2. The van der Waals surface area contributed by atoms with Gasteiger partial charge in [-0.2, -0.15) is 0 Å². The number of carbonyl (C=O) groups is 1. The van der Waals surface area contributed by atoms with Gasteiger partial charge in [-0.25, -0.2) is 0 Å². The SMILES string of the molecule is COc1ccc(-n2c(C)cc([C@@H]3[C@@H](c4ccccn4)NC(=S)N3CCC(=O)Nc3ccccc3C)c2C)c([N+](=O)[O-])c1. The van der Waals surface area contributed by atoms with Crippen LogP contribution in [0.15, 0.2) is 72.9 Å². The van der Waals surface area contributed by atoms with Gasteiger partial charge in [0.25, 0.3) is 5.69 Å². The summed E-state index contributed by atoms with van der Waals surface area (Å²) in [6.07, 6.45) is 1.95. The third-order valence-electron chi connectivity index (χ3n) is 7.61. The molecule has 0 aliphatic carbocycles. The van der Waals surface area contributed by atoms with Gasteiger partial charge < -0.3 is 24.8 Å². The topological polar surface area (TPSA) is 115 Å². The first kappa shape index (κ1) is 28.7. The maximum atomic E-state index is 13.0. The molecular weight excluding hydrogens is 552 g/mol.